The summed E-state index contributed by atoms with van der Waals surface area (Å²) in [4.78, 5) is 39.2. The van der Waals surface area contributed by atoms with Crippen LogP contribution in [0, 0.1) is 12.8 Å². The van der Waals surface area contributed by atoms with Crippen molar-refractivity contribution in [2.24, 2.45) is 5.92 Å². The SMILES string of the molecule is Cc1ccccc1Cn1c(=O)n(-c2ccc(CC(=O)NCCC(C)C)cc2)c(=O)c2ccccc21. The van der Waals surface area contributed by atoms with Crippen LogP contribution in [0.15, 0.2) is 82.4 Å². The number of hydrogen-bond donors (Lipinski definition) is 1. The molecule has 4 rings (SSSR count). The van der Waals surface area contributed by atoms with Gasteiger partial charge in [0.05, 0.1) is 29.6 Å². The lowest BCUT2D eigenvalue weighted by atomic mass is 10.1. The average Bonchev–Trinajstić information content (AvgIpc) is 2.84. The van der Waals surface area contributed by atoms with E-state index in [0.29, 0.717) is 35.6 Å². The highest BCUT2D eigenvalue weighted by Gasteiger charge is 2.15. The minimum absolute atomic E-state index is 0.0399. The Morgan fingerprint density at radius 2 is 1.60 bits per heavy atom. The first-order valence-corrected chi connectivity index (χ1v) is 12.0. The highest BCUT2D eigenvalue weighted by molar-refractivity contribution is 5.79. The maximum absolute atomic E-state index is 13.6. The lowest BCUT2D eigenvalue weighted by molar-refractivity contribution is -0.120. The van der Waals surface area contributed by atoms with E-state index in [1.807, 2.05) is 43.3 Å². The number of carbonyl (C=O) groups excluding carboxylic acids is 1. The molecule has 0 unspecified atom stereocenters. The fourth-order valence-corrected chi connectivity index (χ4v) is 4.17. The largest absolute Gasteiger partial charge is 0.356 e. The molecule has 0 saturated heterocycles. The summed E-state index contributed by atoms with van der Waals surface area (Å²) in [6.07, 6.45) is 1.19. The molecule has 0 fully saturated rings. The smallest absolute Gasteiger partial charge is 0.336 e. The maximum Gasteiger partial charge on any atom is 0.336 e. The lowest BCUT2D eigenvalue weighted by Crippen LogP contribution is -2.39. The third kappa shape index (κ3) is 5.43. The van der Waals surface area contributed by atoms with Gasteiger partial charge in [-0.15, -0.1) is 0 Å². The van der Waals surface area contributed by atoms with Crippen LogP contribution in [0.4, 0.5) is 0 Å². The number of nitrogens with one attached hydrogen (secondary N) is 1. The normalized spacial score (nSPS) is 11.2. The Balaban J connectivity index is 1.69. The van der Waals surface area contributed by atoms with E-state index in [1.165, 1.54) is 4.57 Å². The molecule has 0 aliphatic carbocycles. The maximum atomic E-state index is 13.6. The Bertz CT molecular complexity index is 1460. The summed E-state index contributed by atoms with van der Waals surface area (Å²) in [5.74, 6) is 0.492. The average molecular weight is 470 g/mol. The summed E-state index contributed by atoms with van der Waals surface area (Å²) >= 11 is 0. The van der Waals surface area contributed by atoms with Crippen molar-refractivity contribution in [3.05, 3.63) is 110 Å². The van der Waals surface area contributed by atoms with Gasteiger partial charge in [0.1, 0.15) is 0 Å². The van der Waals surface area contributed by atoms with Crippen LogP contribution in [0.5, 0.6) is 0 Å². The minimum Gasteiger partial charge on any atom is -0.356 e. The second kappa shape index (κ2) is 10.6. The quantitative estimate of drug-likeness (QED) is 0.420. The van der Waals surface area contributed by atoms with E-state index >= 15 is 0 Å². The van der Waals surface area contributed by atoms with Crippen LogP contribution in [0.3, 0.4) is 0 Å². The van der Waals surface area contributed by atoms with Gasteiger partial charge in [0.15, 0.2) is 0 Å². The van der Waals surface area contributed by atoms with Gasteiger partial charge in [0, 0.05) is 6.54 Å². The first kappa shape index (κ1) is 24.2. The zero-order valence-electron chi connectivity index (χ0n) is 20.5. The van der Waals surface area contributed by atoms with Crippen LogP contribution in [-0.4, -0.2) is 21.6 Å². The first-order chi connectivity index (χ1) is 16.8. The van der Waals surface area contributed by atoms with E-state index in [9.17, 15) is 14.4 Å². The van der Waals surface area contributed by atoms with Gasteiger partial charge in [0.2, 0.25) is 5.91 Å². The summed E-state index contributed by atoms with van der Waals surface area (Å²) in [6, 6.07) is 22.2. The number of para-hydroxylation sites is 1. The van der Waals surface area contributed by atoms with Gasteiger partial charge in [0.25, 0.3) is 5.56 Å². The van der Waals surface area contributed by atoms with Gasteiger partial charge in [-0.25, -0.2) is 9.36 Å². The summed E-state index contributed by atoms with van der Waals surface area (Å²) in [5, 5.41) is 3.42. The predicted molar refractivity (Wildman–Crippen MR) is 140 cm³/mol. The molecule has 1 aromatic heterocycles. The molecular weight excluding hydrogens is 438 g/mol. The zero-order chi connectivity index (χ0) is 24.9. The number of amides is 1. The Morgan fingerprint density at radius 1 is 0.914 bits per heavy atom. The molecule has 6 heteroatoms. The molecule has 1 amide bonds. The number of aromatic nitrogens is 2. The van der Waals surface area contributed by atoms with E-state index in [4.69, 9.17) is 0 Å². The highest BCUT2D eigenvalue weighted by atomic mass is 16.2. The molecule has 35 heavy (non-hydrogen) atoms. The number of rotatable bonds is 8. The molecule has 0 spiro atoms. The van der Waals surface area contributed by atoms with Gasteiger partial charge in [-0.2, -0.15) is 0 Å². The van der Waals surface area contributed by atoms with Gasteiger partial charge in [-0.1, -0.05) is 62.4 Å². The van der Waals surface area contributed by atoms with Crippen molar-refractivity contribution >= 4 is 16.8 Å². The fraction of sp³-hybridized carbons (Fsp3) is 0.276. The third-order valence-corrected chi connectivity index (χ3v) is 6.24. The van der Waals surface area contributed by atoms with Crippen LogP contribution in [-0.2, 0) is 17.8 Å². The van der Waals surface area contributed by atoms with Crippen molar-refractivity contribution in [2.45, 2.75) is 40.2 Å². The molecule has 1 N–H and O–H groups in total. The molecule has 0 saturated carbocycles. The number of hydrogen-bond acceptors (Lipinski definition) is 3. The summed E-state index contributed by atoms with van der Waals surface area (Å²) in [5.41, 5.74) is 3.26. The van der Waals surface area contributed by atoms with E-state index in [2.05, 4.69) is 19.2 Å². The molecule has 1 heterocycles. The van der Waals surface area contributed by atoms with Crippen LogP contribution in [0.2, 0.25) is 0 Å². The molecular formula is C29H31N3O3. The number of fused-ring (bicyclic) bond motifs is 1. The Kier molecular flexibility index (Phi) is 7.30. The van der Waals surface area contributed by atoms with Crippen LogP contribution in [0.25, 0.3) is 16.6 Å². The van der Waals surface area contributed by atoms with Crippen LogP contribution in [0.1, 0.15) is 37.0 Å². The van der Waals surface area contributed by atoms with Crippen molar-refractivity contribution in [3.8, 4) is 5.69 Å². The lowest BCUT2D eigenvalue weighted by Gasteiger charge is -2.15. The monoisotopic (exact) mass is 469 g/mol. The molecule has 6 nitrogen and oxygen atoms in total. The minimum atomic E-state index is -0.392. The van der Waals surface area contributed by atoms with Crippen molar-refractivity contribution in [1.82, 2.24) is 14.5 Å². The van der Waals surface area contributed by atoms with Crippen molar-refractivity contribution in [3.63, 3.8) is 0 Å². The third-order valence-electron chi connectivity index (χ3n) is 6.24. The molecule has 0 atom stereocenters. The van der Waals surface area contributed by atoms with Crippen LogP contribution >= 0.6 is 0 Å². The molecule has 0 aliphatic rings. The second-order valence-electron chi connectivity index (χ2n) is 9.33. The van der Waals surface area contributed by atoms with Crippen LogP contribution < -0.4 is 16.6 Å². The van der Waals surface area contributed by atoms with E-state index in [0.717, 1.165) is 23.1 Å². The Morgan fingerprint density at radius 3 is 2.31 bits per heavy atom. The predicted octanol–water partition coefficient (Wildman–Crippen LogP) is 4.21. The number of nitrogens with zero attached hydrogens (tertiary/aromatic N) is 2. The molecule has 0 aliphatic heterocycles. The van der Waals surface area contributed by atoms with Crippen molar-refractivity contribution in [1.29, 1.82) is 0 Å². The second-order valence-corrected chi connectivity index (χ2v) is 9.33. The van der Waals surface area contributed by atoms with E-state index in [1.54, 1.807) is 41.0 Å². The van der Waals surface area contributed by atoms with Gasteiger partial charge in [-0.05, 0) is 60.2 Å². The fourth-order valence-electron chi connectivity index (χ4n) is 4.17. The van der Waals surface area contributed by atoms with Gasteiger partial charge in [-0.3, -0.25) is 14.2 Å². The topological polar surface area (TPSA) is 73.1 Å². The summed E-state index contributed by atoms with van der Waals surface area (Å²) < 4.78 is 2.86. The van der Waals surface area contributed by atoms with Gasteiger partial charge >= 0.3 is 5.69 Å². The van der Waals surface area contributed by atoms with E-state index in [-0.39, 0.29) is 17.9 Å². The molecule has 180 valence electrons. The number of aryl methyl sites for hydroxylation is 1. The molecule has 4 aromatic rings. The summed E-state index contributed by atoms with van der Waals surface area (Å²) in [7, 11) is 0. The van der Waals surface area contributed by atoms with Gasteiger partial charge < -0.3 is 5.32 Å². The number of benzene rings is 3. The Labute approximate surface area is 204 Å². The van der Waals surface area contributed by atoms with Crippen molar-refractivity contribution < 1.29 is 4.79 Å². The highest BCUT2D eigenvalue weighted by Crippen LogP contribution is 2.15. The standard InChI is InChI=1S/C29H31N3O3/c1-20(2)16-17-30-27(33)18-22-12-14-24(15-13-22)32-28(34)25-10-6-7-11-26(25)31(29(32)35)19-23-9-5-4-8-21(23)3/h4-15,20H,16-19H2,1-3H3,(H,30,33). The van der Waals surface area contributed by atoms with E-state index < -0.39 is 5.69 Å². The van der Waals surface area contributed by atoms with Crippen molar-refractivity contribution in [2.75, 3.05) is 6.54 Å². The number of carbonyl (C=O) groups is 1. The molecule has 0 radical (unpaired) electrons. The first-order valence-electron chi connectivity index (χ1n) is 12.0. The Hall–Kier alpha value is -3.93. The summed E-state index contributed by atoms with van der Waals surface area (Å²) in [6.45, 7) is 7.27. The zero-order valence-corrected chi connectivity index (χ0v) is 20.5. The molecule has 0 bridgehead atoms. The molecule has 3 aromatic carbocycles.